The zero-order chi connectivity index (χ0) is 13.3. The predicted molar refractivity (Wildman–Crippen MR) is 66.3 cm³/mol. The van der Waals surface area contributed by atoms with Gasteiger partial charge in [0.2, 0.25) is 5.91 Å². The van der Waals surface area contributed by atoms with Crippen LogP contribution in [0.3, 0.4) is 0 Å². The van der Waals surface area contributed by atoms with Crippen molar-refractivity contribution in [2.45, 2.75) is 46.1 Å². The fourth-order valence-electron chi connectivity index (χ4n) is 1.42. The minimum Gasteiger partial charge on any atom is -0.466 e. The third-order valence-electron chi connectivity index (χ3n) is 2.38. The normalized spacial score (nSPS) is 13.9. The van der Waals surface area contributed by atoms with E-state index in [1.807, 2.05) is 13.8 Å². The molecule has 1 amide bonds. The Morgan fingerprint density at radius 2 is 2.00 bits per heavy atom. The van der Waals surface area contributed by atoms with Crippen LogP contribution in [0.15, 0.2) is 0 Å². The minimum atomic E-state index is -0.449. The van der Waals surface area contributed by atoms with Gasteiger partial charge in [0.15, 0.2) is 0 Å². The van der Waals surface area contributed by atoms with Gasteiger partial charge in [-0.15, -0.1) is 0 Å². The van der Waals surface area contributed by atoms with Crippen LogP contribution in [0.5, 0.6) is 0 Å². The summed E-state index contributed by atoms with van der Waals surface area (Å²) in [5, 5.41) is 2.74. The van der Waals surface area contributed by atoms with Gasteiger partial charge in [0.1, 0.15) is 0 Å². The summed E-state index contributed by atoms with van der Waals surface area (Å²) in [7, 11) is 0. The van der Waals surface area contributed by atoms with Crippen molar-refractivity contribution in [1.29, 1.82) is 0 Å². The zero-order valence-corrected chi connectivity index (χ0v) is 11.0. The lowest BCUT2D eigenvalue weighted by Gasteiger charge is -2.14. The van der Waals surface area contributed by atoms with Gasteiger partial charge in [0.05, 0.1) is 12.6 Å². The molecule has 0 aliphatic heterocycles. The molecule has 0 fully saturated rings. The van der Waals surface area contributed by atoms with E-state index in [-0.39, 0.29) is 17.8 Å². The number of amides is 1. The molecule has 0 aliphatic rings. The summed E-state index contributed by atoms with van der Waals surface area (Å²) in [5.41, 5.74) is 5.66. The molecule has 0 rings (SSSR count). The number of nitrogens with two attached hydrogens (primary N) is 1. The second kappa shape index (κ2) is 8.98. The Labute approximate surface area is 103 Å². The summed E-state index contributed by atoms with van der Waals surface area (Å²) in [4.78, 5) is 22.7. The van der Waals surface area contributed by atoms with Gasteiger partial charge in [-0.05, 0) is 19.3 Å². The van der Waals surface area contributed by atoms with Crippen LogP contribution in [0.2, 0.25) is 0 Å². The lowest BCUT2D eigenvalue weighted by Crippen LogP contribution is -2.42. The smallest absolute Gasteiger partial charge is 0.306 e. The second-order valence-electron chi connectivity index (χ2n) is 4.25. The number of ether oxygens (including phenoxy) is 1. The fourth-order valence-corrected chi connectivity index (χ4v) is 1.42. The van der Waals surface area contributed by atoms with Crippen LogP contribution in [0.4, 0.5) is 0 Å². The first kappa shape index (κ1) is 15.9. The average molecular weight is 244 g/mol. The molecule has 0 spiro atoms. The molecule has 5 nitrogen and oxygen atoms in total. The lowest BCUT2D eigenvalue weighted by molar-refractivity contribution is -0.144. The van der Waals surface area contributed by atoms with Gasteiger partial charge in [-0.3, -0.25) is 9.59 Å². The van der Waals surface area contributed by atoms with Gasteiger partial charge in [0, 0.05) is 13.0 Å². The molecule has 0 radical (unpaired) electrons. The van der Waals surface area contributed by atoms with Crippen molar-refractivity contribution in [3.8, 4) is 0 Å². The summed E-state index contributed by atoms with van der Waals surface area (Å²) in [6.45, 7) is 6.49. The Morgan fingerprint density at radius 1 is 1.35 bits per heavy atom. The maximum absolute atomic E-state index is 11.5. The van der Waals surface area contributed by atoms with Crippen LogP contribution in [0.1, 0.15) is 40.0 Å². The predicted octanol–water partition coefficient (Wildman–Crippen LogP) is 0.819. The molecule has 3 N–H and O–H groups in total. The summed E-state index contributed by atoms with van der Waals surface area (Å²) in [6.07, 6.45) is 1.88. The largest absolute Gasteiger partial charge is 0.466 e. The third-order valence-corrected chi connectivity index (χ3v) is 2.38. The first-order chi connectivity index (χ1) is 8.01. The number of hydrogen-bond acceptors (Lipinski definition) is 4. The van der Waals surface area contributed by atoms with Crippen molar-refractivity contribution in [2.75, 3.05) is 13.2 Å². The Morgan fingerprint density at radius 3 is 2.53 bits per heavy atom. The highest BCUT2D eigenvalue weighted by molar-refractivity contribution is 5.81. The molecule has 5 heteroatoms. The highest BCUT2D eigenvalue weighted by atomic mass is 16.5. The third kappa shape index (κ3) is 7.74. The van der Waals surface area contributed by atoms with Gasteiger partial charge in [0.25, 0.3) is 0 Å². The van der Waals surface area contributed by atoms with E-state index in [9.17, 15) is 9.59 Å². The maximum atomic E-state index is 11.5. The molecule has 0 aromatic rings. The molecule has 0 heterocycles. The Bertz CT molecular complexity index is 244. The standard InChI is InChI=1S/C12H24N2O3/c1-4-6-10(13)12(16)14-8-9(3)7-11(15)17-5-2/h9-10H,4-8,13H2,1-3H3,(H,14,16). The van der Waals surface area contributed by atoms with Crippen LogP contribution >= 0.6 is 0 Å². The van der Waals surface area contributed by atoms with Crippen molar-refractivity contribution in [1.82, 2.24) is 5.32 Å². The van der Waals surface area contributed by atoms with E-state index >= 15 is 0 Å². The van der Waals surface area contributed by atoms with E-state index in [2.05, 4.69) is 5.32 Å². The molecule has 2 unspecified atom stereocenters. The van der Waals surface area contributed by atoms with E-state index in [1.165, 1.54) is 0 Å². The van der Waals surface area contributed by atoms with Gasteiger partial charge in [-0.2, -0.15) is 0 Å². The van der Waals surface area contributed by atoms with Crippen LogP contribution in [0.25, 0.3) is 0 Å². The lowest BCUT2D eigenvalue weighted by atomic mass is 10.1. The van der Waals surface area contributed by atoms with Crippen molar-refractivity contribution < 1.29 is 14.3 Å². The van der Waals surface area contributed by atoms with Crippen LogP contribution in [-0.2, 0) is 14.3 Å². The molecule has 0 saturated heterocycles. The number of esters is 1. The van der Waals surface area contributed by atoms with E-state index < -0.39 is 6.04 Å². The summed E-state index contributed by atoms with van der Waals surface area (Å²) in [6, 6.07) is -0.449. The van der Waals surface area contributed by atoms with E-state index in [0.717, 1.165) is 6.42 Å². The first-order valence-electron chi connectivity index (χ1n) is 6.20. The van der Waals surface area contributed by atoms with Crippen molar-refractivity contribution in [3.05, 3.63) is 0 Å². The minimum absolute atomic E-state index is 0.0619. The van der Waals surface area contributed by atoms with Crippen molar-refractivity contribution in [2.24, 2.45) is 11.7 Å². The number of carbonyl (C=O) groups is 2. The van der Waals surface area contributed by atoms with E-state index in [4.69, 9.17) is 10.5 Å². The van der Waals surface area contributed by atoms with Crippen molar-refractivity contribution >= 4 is 11.9 Å². The molecule has 0 bridgehead atoms. The zero-order valence-electron chi connectivity index (χ0n) is 11.0. The number of nitrogens with one attached hydrogen (secondary N) is 1. The van der Waals surface area contributed by atoms with Crippen LogP contribution in [0, 0.1) is 5.92 Å². The summed E-state index contributed by atoms with van der Waals surface area (Å²) < 4.78 is 4.83. The molecule has 0 aromatic heterocycles. The van der Waals surface area contributed by atoms with Crippen LogP contribution in [-0.4, -0.2) is 31.1 Å². The molecule has 100 valence electrons. The molecular weight excluding hydrogens is 220 g/mol. The molecule has 17 heavy (non-hydrogen) atoms. The Balaban J connectivity index is 3.79. The number of hydrogen-bond donors (Lipinski definition) is 2. The number of carbonyl (C=O) groups excluding carboxylic acids is 2. The molecule has 0 saturated carbocycles. The SMILES string of the molecule is CCCC(N)C(=O)NCC(C)CC(=O)OCC. The van der Waals surface area contributed by atoms with Crippen LogP contribution < -0.4 is 11.1 Å². The highest BCUT2D eigenvalue weighted by Gasteiger charge is 2.14. The van der Waals surface area contributed by atoms with E-state index in [0.29, 0.717) is 26.0 Å². The van der Waals surface area contributed by atoms with E-state index in [1.54, 1.807) is 6.92 Å². The van der Waals surface area contributed by atoms with Gasteiger partial charge in [-0.25, -0.2) is 0 Å². The second-order valence-corrected chi connectivity index (χ2v) is 4.25. The van der Waals surface area contributed by atoms with Gasteiger partial charge in [-0.1, -0.05) is 20.3 Å². The first-order valence-corrected chi connectivity index (χ1v) is 6.20. The average Bonchev–Trinajstić information content (AvgIpc) is 2.26. The Kier molecular flexibility index (Phi) is 8.40. The molecule has 2 atom stereocenters. The van der Waals surface area contributed by atoms with Gasteiger partial charge < -0.3 is 15.8 Å². The van der Waals surface area contributed by atoms with Crippen molar-refractivity contribution in [3.63, 3.8) is 0 Å². The maximum Gasteiger partial charge on any atom is 0.306 e. The molecule has 0 aliphatic carbocycles. The Hall–Kier alpha value is -1.10. The van der Waals surface area contributed by atoms with Gasteiger partial charge >= 0.3 is 5.97 Å². The fraction of sp³-hybridized carbons (Fsp3) is 0.833. The topological polar surface area (TPSA) is 81.4 Å². The quantitative estimate of drug-likeness (QED) is 0.619. The number of rotatable bonds is 8. The molecular formula is C12H24N2O3. The monoisotopic (exact) mass is 244 g/mol. The highest BCUT2D eigenvalue weighted by Crippen LogP contribution is 2.02. The summed E-state index contributed by atoms with van der Waals surface area (Å²) >= 11 is 0. The molecule has 0 aromatic carbocycles. The summed E-state index contributed by atoms with van der Waals surface area (Å²) in [5.74, 6) is -0.318.